The zero-order chi connectivity index (χ0) is 13.4. The smallest absolute Gasteiger partial charge is 0.328 e. The van der Waals surface area contributed by atoms with Gasteiger partial charge >= 0.3 is 5.97 Å². The van der Waals surface area contributed by atoms with Crippen LogP contribution >= 0.6 is 11.8 Å². The van der Waals surface area contributed by atoms with Crippen molar-refractivity contribution in [1.82, 2.24) is 0 Å². The number of hydrogen-bond acceptors (Lipinski definition) is 4. The number of nitrogens with one attached hydrogen (secondary N) is 1. The molecule has 0 saturated carbocycles. The fourth-order valence-corrected chi connectivity index (χ4v) is 2.28. The molecule has 4 heteroatoms. The van der Waals surface area contributed by atoms with Crippen LogP contribution in [-0.4, -0.2) is 30.6 Å². The normalized spacial score (nSPS) is 11.9. The molecule has 0 radical (unpaired) electrons. The number of esters is 1. The Morgan fingerprint density at radius 1 is 1.39 bits per heavy atom. The summed E-state index contributed by atoms with van der Waals surface area (Å²) in [5.74, 6) is 1.82. The second-order valence-corrected chi connectivity index (χ2v) is 5.47. The lowest BCUT2D eigenvalue weighted by atomic mass is 10.2. The number of aryl methyl sites for hydroxylation is 1. The monoisotopic (exact) mass is 267 g/mol. The standard InChI is InChI=1S/C14H21NO2S/c1-4-18-10-9-13(14(16)17-3)15-12-7-5-11(2)6-8-12/h5-8,13,15H,4,9-10H2,1-3H3. The highest BCUT2D eigenvalue weighted by Crippen LogP contribution is 2.14. The summed E-state index contributed by atoms with van der Waals surface area (Å²) < 4.78 is 4.83. The molecule has 1 rings (SSSR count). The van der Waals surface area contributed by atoms with E-state index in [1.54, 1.807) is 0 Å². The van der Waals surface area contributed by atoms with E-state index in [1.165, 1.54) is 12.7 Å². The van der Waals surface area contributed by atoms with Crippen molar-refractivity contribution in [2.75, 3.05) is 23.9 Å². The summed E-state index contributed by atoms with van der Waals surface area (Å²) in [5.41, 5.74) is 2.16. The van der Waals surface area contributed by atoms with Crippen LogP contribution in [0.15, 0.2) is 24.3 Å². The molecule has 1 unspecified atom stereocenters. The lowest BCUT2D eigenvalue weighted by molar-refractivity contribution is -0.141. The summed E-state index contributed by atoms with van der Waals surface area (Å²) in [6.07, 6.45) is 0.777. The van der Waals surface area contributed by atoms with Gasteiger partial charge in [-0.2, -0.15) is 11.8 Å². The minimum atomic E-state index is -0.267. The molecule has 1 atom stereocenters. The topological polar surface area (TPSA) is 38.3 Å². The maximum atomic E-state index is 11.7. The van der Waals surface area contributed by atoms with E-state index < -0.39 is 0 Å². The number of carbonyl (C=O) groups excluding carboxylic acids is 1. The predicted octanol–water partition coefficient (Wildman–Crippen LogP) is 3.09. The van der Waals surface area contributed by atoms with Gasteiger partial charge in [0.1, 0.15) is 6.04 Å². The van der Waals surface area contributed by atoms with Crippen LogP contribution in [0.3, 0.4) is 0 Å². The van der Waals surface area contributed by atoms with Crippen LogP contribution in [0.4, 0.5) is 5.69 Å². The van der Waals surface area contributed by atoms with Gasteiger partial charge in [-0.1, -0.05) is 24.6 Å². The van der Waals surface area contributed by atoms with Crippen LogP contribution in [0.25, 0.3) is 0 Å². The molecule has 0 aliphatic heterocycles. The average Bonchev–Trinajstić information content (AvgIpc) is 2.39. The predicted molar refractivity (Wildman–Crippen MR) is 78.2 cm³/mol. The lowest BCUT2D eigenvalue weighted by Gasteiger charge is -2.17. The second-order valence-electron chi connectivity index (χ2n) is 4.07. The number of carbonyl (C=O) groups is 1. The van der Waals surface area contributed by atoms with Crippen LogP contribution in [0.2, 0.25) is 0 Å². The zero-order valence-electron chi connectivity index (χ0n) is 11.2. The molecule has 0 fully saturated rings. The number of methoxy groups -OCH3 is 1. The highest BCUT2D eigenvalue weighted by atomic mass is 32.2. The Balaban J connectivity index is 2.59. The van der Waals surface area contributed by atoms with Crippen LogP contribution < -0.4 is 5.32 Å². The van der Waals surface area contributed by atoms with Gasteiger partial charge in [-0.3, -0.25) is 0 Å². The molecule has 0 aliphatic rings. The van der Waals surface area contributed by atoms with Gasteiger partial charge in [-0.05, 0) is 37.0 Å². The molecular weight excluding hydrogens is 246 g/mol. The van der Waals surface area contributed by atoms with Gasteiger partial charge in [0, 0.05) is 5.69 Å². The Hall–Kier alpha value is -1.16. The highest BCUT2D eigenvalue weighted by Gasteiger charge is 2.18. The van der Waals surface area contributed by atoms with Gasteiger partial charge in [0.2, 0.25) is 0 Å². The first-order valence-electron chi connectivity index (χ1n) is 6.16. The molecule has 0 amide bonds. The molecule has 1 N–H and O–H groups in total. The first-order chi connectivity index (χ1) is 8.67. The fourth-order valence-electron chi connectivity index (χ4n) is 1.59. The molecule has 0 aliphatic carbocycles. The largest absolute Gasteiger partial charge is 0.467 e. The average molecular weight is 267 g/mol. The highest BCUT2D eigenvalue weighted by molar-refractivity contribution is 7.99. The third kappa shape index (κ3) is 5.00. The Morgan fingerprint density at radius 3 is 2.61 bits per heavy atom. The number of thioether (sulfide) groups is 1. The molecule has 0 aromatic heterocycles. The van der Waals surface area contributed by atoms with Crippen molar-refractivity contribution in [3.63, 3.8) is 0 Å². The van der Waals surface area contributed by atoms with E-state index >= 15 is 0 Å². The van der Waals surface area contributed by atoms with E-state index in [0.717, 1.165) is 23.6 Å². The maximum Gasteiger partial charge on any atom is 0.328 e. The summed E-state index contributed by atoms with van der Waals surface area (Å²) in [7, 11) is 1.43. The minimum absolute atomic E-state index is 0.202. The van der Waals surface area contributed by atoms with E-state index in [0.29, 0.717) is 0 Å². The van der Waals surface area contributed by atoms with E-state index in [1.807, 2.05) is 43.0 Å². The van der Waals surface area contributed by atoms with E-state index in [2.05, 4.69) is 12.2 Å². The van der Waals surface area contributed by atoms with Gasteiger partial charge in [-0.25, -0.2) is 4.79 Å². The fraction of sp³-hybridized carbons (Fsp3) is 0.500. The number of anilines is 1. The molecule has 0 heterocycles. The number of ether oxygens (including phenoxy) is 1. The molecule has 0 saturated heterocycles. The summed E-state index contributed by atoms with van der Waals surface area (Å²) in [6.45, 7) is 4.16. The Labute approximate surface area is 113 Å². The van der Waals surface area contributed by atoms with Gasteiger partial charge in [0.05, 0.1) is 7.11 Å². The van der Waals surface area contributed by atoms with Crippen LogP contribution in [-0.2, 0) is 9.53 Å². The molecule has 0 spiro atoms. The molecule has 1 aromatic carbocycles. The van der Waals surface area contributed by atoms with E-state index in [4.69, 9.17) is 4.74 Å². The number of hydrogen-bond donors (Lipinski definition) is 1. The number of benzene rings is 1. The first kappa shape index (κ1) is 14.9. The van der Waals surface area contributed by atoms with Crippen LogP contribution in [0.5, 0.6) is 0 Å². The molecule has 18 heavy (non-hydrogen) atoms. The first-order valence-corrected chi connectivity index (χ1v) is 7.31. The van der Waals surface area contributed by atoms with Crippen molar-refractivity contribution in [1.29, 1.82) is 0 Å². The van der Waals surface area contributed by atoms with Crippen molar-refractivity contribution in [2.45, 2.75) is 26.3 Å². The van der Waals surface area contributed by atoms with Gasteiger partial charge in [0.25, 0.3) is 0 Å². The van der Waals surface area contributed by atoms with E-state index in [-0.39, 0.29) is 12.0 Å². The minimum Gasteiger partial charge on any atom is -0.467 e. The summed E-state index contributed by atoms with van der Waals surface area (Å²) in [5, 5.41) is 3.23. The van der Waals surface area contributed by atoms with Crippen molar-refractivity contribution in [3.05, 3.63) is 29.8 Å². The van der Waals surface area contributed by atoms with Crippen molar-refractivity contribution in [2.24, 2.45) is 0 Å². The maximum absolute atomic E-state index is 11.7. The second kappa shape index (κ2) is 8.03. The summed E-state index contributed by atoms with van der Waals surface area (Å²) in [4.78, 5) is 11.7. The summed E-state index contributed by atoms with van der Waals surface area (Å²) in [6, 6.07) is 7.75. The van der Waals surface area contributed by atoms with Crippen LogP contribution in [0.1, 0.15) is 18.9 Å². The molecule has 3 nitrogen and oxygen atoms in total. The number of rotatable bonds is 7. The lowest BCUT2D eigenvalue weighted by Crippen LogP contribution is -2.31. The molecule has 100 valence electrons. The van der Waals surface area contributed by atoms with Gasteiger partial charge < -0.3 is 10.1 Å². The quantitative estimate of drug-likeness (QED) is 0.608. The van der Waals surface area contributed by atoms with Crippen LogP contribution in [0, 0.1) is 6.92 Å². The van der Waals surface area contributed by atoms with Gasteiger partial charge in [-0.15, -0.1) is 0 Å². The third-order valence-electron chi connectivity index (χ3n) is 2.63. The zero-order valence-corrected chi connectivity index (χ0v) is 12.0. The molecule has 1 aromatic rings. The van der Waals surface area contributed by atoms with E-state index in [9.17, 15) is 4.79 Å². The van der Waals surface area contributed by atoms with Gasteiger partial charge in [0.15, 0.2) is 0 Å². The Bertz CT molecular complexity index is 365. The SMILES string of the molecule is CCSCCC(Nc1ccc(C)cc1)C(=O)OC. The van der Waals surface area contributed by atoms with Crippen molar-refractivity contribution in [3.8, 4) is 0 Å². The third-order valence-corrected chi connectivity index (χ3v) is 3.57. The molecular formula is C14H21NO2S. The molecule has 0 bridgehead atoms. The van der Waals surface area contributed by atoms with Crippen molar-refractivity contribution < 1.29 is 9.53 Å². The Kier molecular flexibility index (Phi) is 6.65. The Morgan fingerprint density at radius 2 is 2.06 bits per heavy atom. The summed E-state index contributed by atoms with van der Waals surface area (Å²) >= 11 is 1.83. The van der Waals surface area contributed by atoms with Crippen molar-refractivity contribution >= 4 is 23.4 Å².